The highest BCUT2D eigenvalue weighted by atomic mass is 19.1. The van der Waals surface area contributed by atoms with Crippen LogP contribution in [-0.2, 0) is 14.3 Å². The second-order valence-electron chi connectivity index (χ2n) is 9.91. The molecule has 2 saturated heterocycles. The van der Waals surface area contributed by atoms with Crippen LogP contribution in [0.25, 0.3) is 5.78 Å². The Morgan fingerprint density at radius 2 is 1.91 bits per heavy atom. The third-order valence-electron chi connectivity index (χ3n) is 7.02. The van der Waals surface area contributed by atoms with Crippen molar-refractivity contribution >= 4 is 41.5 Å². The van der Waals surface area contributed by atoms with Crippen LogP contribution in [0.5, 0.6) is 0 Å². The standard InChI is InChI=1S/C21H29F2N5O5.C7H5N3O/c1-4-32-20(30)25-11-15-12-28(21(31)33-15)14-9-16(22)18(17(23)10-14)26-5-7-27(8-6-26)19(29)13(2)24-3;11-5-6-4-10-3-1-2-8-7(10)9-6/h9-10,13,15,24H,4-8,11-12H2,1-3H3,(H,25,30);1-5H. The summed E-state index contributed by atoms with van der Waals surface area (Å²) in [5, 5.41) is 5.35. The van der Waals surface area contributed by atoms with Gasteiger partial charge in [-0.3, -0.25) is 18.9 Å². The van der Waals surface area contributed by atoms with Gasteiger partial charge in [-0.2, -0.15) is 0 Å². The quantitative estimate of drug-likeness (QED) is 0.359. The Hall–Kier alpha value is -4.86. The van der Waals surface area contributed by atoms with E-state index >= 15 is 0 Å². The number of carbonyl (C=O) groups excluding carboxylic acids is 4. The van der Waals surface area contributed by atoms with Crippen LogP contribution in [0.15, 0.2) is 36.8 Å². The molecule has 14 nitrogen and oxygen atoms in total. The minimum atomic E-state index is -0.811. The third-order valence-corrected chi connectivity index (χ3v) is 7.02. The Kier molecular flexibility index (Phi) is 10.6. The van der Waals surface area contributed by atoms with Gasteiger partial charge in [-0.25, -0.2) is 28.3 Å². The van der Waals surface area contributed by atoms with Crippen LogP contribution in [0.1, 0.15) is 24.3 Å². The highest BCUT2D eigenvalue weighted by Gasteiger charge is 2.34. The number of nitrogens with zero attached hydrogens (tertiary/aromatic N) is 6. The molecule has 5 rings (SSSR count). The second-order valence-corrected chi connectivity index (χ2v) is 9.91. The highest BCUT2D eigenvalue weighted by molar-refractivity contribution is 5.90. The van der Waals surface area contributed by atoms with Crippen molar-refractivity contribution in [3.05, 3.63) is 54.1 Å². The molecule has 0 aliphatic carbocycles. The summed E-state index contributed by atoms with van der Waals surface area (Å²) in [6.45, 7) is 4.91. The number of halogens is 2. The van der Waals surface area contributed by atoms with Crippen LogP contribution in [0.2, 0.25) is 0 Å². The van der Waals surface area contributed by atoms with Gasteiger partial charge in [0.05, 0.1) is 31.4 Å². The number of alkyl carbamates (subject to hydrolysis) is 1. The number of amides is 3. The summed E-state index contributed by atoms with van der Waals surface area (Å²) in [5.41, 5.74) is 0.235. The summed E-state index contributed by atoms with van der Waals surface area (Å²) in [6, 6.07) is 3.62. The number of imidazole rings is 1. The van der Waals surface area contributed by atoms with E-state index in [0.717, 1.165) is 17.0 Å². The lowest BCUT2D eigenvalue weighted by Crippen LogP contribution is -2.53. The molecular weight excluding hydrogens is 582 g/mol. The highest BCUT2D eigenvalue weighted by Crippen LogP contribution is 2.31. The predicted octanol–water partition coefficient (Wildman–Crippen LogP) is 1.83. The second kappa shape index (κ2) is 14.5. The summed E-state index contributed by atoms with van der Waals surface area (Å²) in [4.78, 5) is 58.4. The zero-order valence-electron chi connectivity index (χ0n) is 24.5. The molecule has 0 saturated carbocycles. The number of nitrogens with one attached hydrogen (secondary N) is 2. The molecule has 44 heavy (non-hydrogen) atoms. The van der Waals surface area contributed by atoms with Crippen molar-refractivity contribution in [2.24, 2.45) is 0 Å². The molecule has 0 radical (unpaired) electrons. The third kappa shape index (κ3) is 7.55. The number of likely N-dealkylation sites (N-methyl/N-ethyl adjacent to an activating group) is 1. The fraction of sp³-hybridized carbons (Fsp3) is 0.429. The molecule has 16 heteroatoms. The zero-order chi connectivity index (χ0) is 31.8. The number of aromatic nitrogens is 3. The van der Waals surface area contributed by atoms with E-state index < -0.39 is 29.9 Å². The van der Waals surface area contributed by atoms with Crippen molar-refractivity contribution in [3.8, 4) is 0 Å². The number of cyclic esters (lactones) is 1. The first-order chi connectivity index (χ1) is 21.1. The summed E-state index contributed by atoms with van der Waals surface area (Å²) < 4.78 is 41.5. The van der Waals surface area contributed by atoms with Crippen LogP contribution in [-0.4, -0.2) is 109 Å². The van der Waals surface area contributed by atoms with E-state index in [1.54, 1.807) is 59.8 Å². The molecule has 1 aromatic carbocycles. The number of aldehydes is 1. The van der Waals surface area contributed by atoms with E-state index in [2.05, 4.69) is 20.6 Å². The Morgan fingerprint density at radius 3 is 2.52 bits per heavy atom. The Balaban J connectivity index is 0.000000333. The average Bonchev–Trinajstić information content (AvgIpc) is 3.62. The number of benzene rings is 1. The van der Waals surface area contributed by atoms with Gasteiger partial charge in [0.2, 0.25) is 11.7 Å². The van der Waals surface area contributed by atoms with Gasteiger partial charge >= 0.3 is 12.2 Å². The molecule has 236 valence electrons. The van der Waals surface area contributed by atoms with Gasteiger partial charge in [-0.1, -0.05) is 0 Å². The van der Waals surface area contributed by atoms with E-state index in [1.807, 2.05) is 0 Å². The van der Waals surface area contributed by atoms with Crippen LogP contribution >= 0.6 is 0 Å². The first-order valence-electron chi connectivity index (χ1n) is 14.0. The molecule has 3 amide bonds. The maximum atomic E-state index is 14.9. The number of anilines is 2. The lowest BCUT2D eigenvalue weighted by atomic mass is 10.2. The number of hydrogen-bond acceptors (Lipinski definition) is 10. The minimum Gasteiger partial charge on any atom is -0.450 e. The van der Waals surface area contributed by atoms with Gasteiger partial charge in [-0.05, 0) is 27.0 Å². The summed E-state index contributed by atoms with van der Waals surface area (Å²) in [6.07, 6.45) is 3.68. The molecule has 3 aromatic rings. The van der Waals surface area contributed by atoms with Crippen molar-refractivity contribution in [2.75, 3.05) is 62.7 Å². The van der Waals surface area contributed by atoms with Gasteiger partial charge in [-0.15, -0.1) is 0 Å². The molecule has 2 fully saturated rings. The van der Waals surface area contributed by atoms with E-state index in [9.17, 15) is 28.0 Å². The van der Waals surface area contributed by atoms with Crippen LogP contribution in [0.3, 0.4) is 0 Å². The smallest absolute Gasteiger partial charge is 0.414 e. The molecule has 2 aliphatic rings. The van der Waals surface area contributed by atoms with Gasteiger partial charge in [0.15, 0.2) is 17.9 Å². The molecule has 2 aromatic heterocycles. The lowest BCUT2D eigenvalue weighted by Gasteiger charge is -2.37. The van der Waals surface area contributed by atoms with E-state index in [-0.39, 0.29) is 56.1 Å². The maximum absolute atomic E-state index is 14.9. The minimum absolute atomic E-state index is 0.0132. The van der Waals surface area contributed by atoms with E-state index in [4.69, 9.17) is 9.47 Å². The normalized spacial score (nSPS) is 17.1. The number of ether oxygens (including phenoxy) is 2. The van der Waals surface area contributed by atoms with Crippen molar-refractivity contribution in [3.63, 3.8) is 0 Å². The Bertz CT molecular complexity index is 1440. The topological polar surface area (TPSA) is 151 Å². The van der Waals surface area contributed by atoms with Crippen molar-refractivity contribution in [1.82, 2.24) is 29.9 Å². The Labute approximate surface area is 251 Å². The number of carbonyl (C=O) groups is 4. The van der Waals surface area contributed by atoms with Crippen LogP contribution < -0.4 is 20.4 Å². The summed E-state index contributed by atoms with van der Waals surface area (Å²) in [5.74, 6) is -1.13. The first kappa shape index (κ1) is 32.1. The largest absolute Gasteiger partial charge is 0.450 e. The monoisotopic (exact) mass is 616 g/mol. The molecule has 4 heterocycles. The van der Waals surface area contributed by atoms with Crippen LogP contribution in [0, 0.1) is 11.6 Å². The van der Waals surface area contributed by atoms with Crippen molar-refractivity contribution < 1.29 is 37.4 Å². The molecule has 0 bridgehead atoms. The summed E-state index contributed by atoms with van der Waals surface area (Å²) in [7, 11) is 1.69. The number of rotatable bonds is 8. The molecule has 2 atom stereocenters. The van der Waals surface area contributed by atoms with Gasteiger partial charge in [0.25, 0.3) is 0 Å². The fourth-order valence-electron chi connectivity index (χ4n) is 4.68. The zero-order valence-corrected chi connectivity index (χ0v) is 24.5. The lowest BCUT2D eigenvalue weighted by molar-refractivity contribution is -0.133. The average molecular weight is 617 g/mol. The first-order valence-corrected chi connectivity index (χ1v) is 14.0. The molecule has 2 N–H and O–H groups in total. The summed E-state index contributed by atoms with van der Waals surface area (Å²) >= 11 is 0. The predicted molar refractivity (Wildman–Crippen MR) is 155 cm³/mol. The SMILES string of the molecule is CCOC(=O)NCC1CN(c2cc(F)c(N3CCN(C(=O)C(C)NC)CC3)c(F)c2)C(=O)O1.O=Cc1cn2cccnc2n1. The van der Waals surface area contributed by atoms with Crippen molar-refractivity contribution in [2.45, 2.75) is 26.0 Å². The molecular formula is C28H34F2N8O6. The fourth-order valence-corrected chi connectivity index (χ4v) is 4.68. The maximum Gasteiger partial charge on any atom is 0.414 e. The van der Waals surface area contributed by atoms with E-state index in [1.165, 1.54) is 0 Å². The number of fused-ring (bicyclic) bond motifs is 1. The van der Waals surface area contributed by atoms with Crippen LogP contribution in [0.4, 0.5) is 29.7 Å². The molecule has 0 spiro atoms. The van der Waals surface area contributed by atoms with Gasteiger partial charge in [0, 0.05) is 56.9 Å². The van der Waals surface area contributed by atoms with E-state index in [0.29, 0.717) is 30.8 Å². The van der Waals surface area contributed by atoms with Gasteiger partial charge in [0.1, 0.15) is 17.5 Å². The Morgan fingerprint density at radius 1 is 1.20 bits per heavy atom. The van der Waals surface area contributed by atoms with Gasteiger partial charge < -0.3 is 29.9 Å². The number of piperazine rings is 1. The number of hydrogen-bond donors (Lipinski definition) is 2. The molecule has 2 unspecified atom stereocenters. The van der Waals surface area contributed by atoms with Crippen molar-refractivity contribution in [1.29, 1.82) is 0 Å². The molecule has 2 aliphatic heterocycles.